The molecule has 2 heterocycles. The van der Waals surface area contributed by atoms with E-state index in [2.05, 4.69) is 20.0 Å². The number of aromatic nitrogens is 2. The van der Waals surface area contributed by atoms with Gasteiger partial charge in [-0.25, -0.2) is 23.1 Å². The molecular formula is C13H14N4O2S. The minimum atomic E-state index is -3.52. The number of rotatable bonds is 4. The minimum absolute atomic E-state index is 0.153. The van der Waals surface area contributed by atoms with E-state index in [0.717, 1.165) is 24.2 Å². The van der Waals surface area contributed by atoms with E-state index in [9.17, 15) is 8.42 Å². The van der Waals surface area contributed by atoms with Crippen LogP contribution >= 0.6 is 0 Å². The summed E-state index contributed by atoms with van der Waals surface area (Å²) < 4.78 is 27.0. The molecule has 104 valence electrons. The van der Waals surface area contributed by atoms with E-state index in [4.69, 9.17) is 0 Å². The molecule has 0 unspecified atom stereocenters. The fourth-order valence-corrected chi connectivity index (χ4v) is 3.17. The summed E-state index contributed by atoms with van der Waals surface area (Å²) in [6, 6.07) is 6.81. The second-order valence-electron chi connectivity index (χ2n) is 4.52. The van der Waals surface area contributed by atoms with Crippen LogP contribution < -0.4 is 10.0 Å². The zero-order chi connectivity index (χ0) is 14.0. The molecule has 6 nitrogen and oxygen atoms in total. The molecule has 0 radical (unpaired) electrons. The van der Waals surface area contributed by atoms with Gasteiger partial charge >= 0.3 is 0 Å². The molecule has 1 aliphatic heterocycles. The number of fused-ring (bicyclic) bond motifs is 1. The van der Waals surface area contributed by atoms with Gasteiger partial charge in [0.1, 0.15) is 6.33 Å². The van der Waals surface area contributed by atoms with Gasteiger partial charge in [0.25, 0.3) is 0 Å². The fraction of sp³-hybridized carbons (Fsp3) is 0.231. The molecule has 1 aliphatic rings. The molecule has 0 saturated heterocycles. The quantitative estimate of drug-likeness (QED) is 0.875. The summed E-state index contributed by atoms with van der Waals surface area (Å²) in [6.45, 7) is 1.01. The van der Waals surface area contributed by atoms with Crippen molar-refractivity contribution in [2.24, 2.45) is 0 Å². The lowest BCUT2D eigenvalue weighted by Crippen LogP contribution is -2.23. The van der Waals surface area contributed by atoms with Crippen molar-refractivity contribution in [2.45, 2.75) is 17.9 Å². The van der Waals surface area contributed by atoms with Crippen LogP contribution in [0.3, 0.4) is 0 Å². The van der Waals surface area contributed by atoms with E-state index in [0.29, 0.717) is 5.69 Å². The second kappa shape index (κ2) is 5.18. The third-order valence-corrected chi connectivity index (χ3v) is 4.58. The van der Waals surface area contributed by atoms with Crippen molar-refractivity contribution in [2.75, 3.05) is 11.9 Å². The highest BCUT2D eigenvalue weighted by atomic mass is 32.2. The zero-order valence-corrected chi connectivity index (χ0v) is 11.5. The van der Waals surface area contributed by atoms with Crippen LogP contribution in [-0.4, -0.2) is 24.9 Å². The molecule has 0 bridgehead atoms. The van der Waals surface area contributed by atoms with Gasteiger partial charge in [-0.15, -0.1) is 0 Å². The largest absolute Gasteiger partial charge is 0.384 e. The second-order valence-corrected chi connectivity index (χ2v) is 6.29. The Morgan fingerprint density at radius 3 is 3.00 bits per heavy atom. The summed E-state index contributed by atoms with van der Waals surface area (Å²) >= 11 is 0. The third kappa shape index (κ3) is 2.63. The molecule has 0 fully saturated rings. The number of anilines is 1. The molecule has 0 amide bonds. The Bertz CT molecular complexity index is 716. The SMILES string of the molecule is O=S(=O)(NCc1ccncn1)c1ccc2c(c1)CCN2. The predicted molar refractivity (Wildman–Crippen MR) is 74.7 cm³/mol. The van der Waals surface area contributed by atoms with E-state index in [-0.39, 0.29) is 11.4 Å². The van der Waals surface area contributed by atoms with Crippen LogP contribution in [0.15, 0.2) is 41.7 Å². The fourth-order valence-electron chi connectivity index (χ4n) is 2.12. The van der Waals surface area contributed by atoms with E-state index >= 15 is 0 Å². The molecule has 0 aliphatic carbocycles. The number of hydrogen-bond donors (Lipinski definition) is 2. The normalized spacial score (nSPS) is 13.8. The lowest BCUT2D eigenvalue weighted by molar-refractivity contribution is 0.580. The zero-order valence-electron chi connectivity index (χ0n) is 10.7. The molecule has 3 rings (SSSR count). The standard InChI is InChI=1S/C13H14N4O2S/c18-20(19,17-8-11-4-5-14-9-16-11)12-1-2-13-10(7-12)3-6-15-13/h1-2,4-5,7,9,15,17H,3,6,8H2. The molecule has 1 aromatic heterocycles. The number of nitrogens with one attached hydrogen (secondary N) is 2. The minimum Gasteiger partial charge on any atom is -0.384 e. The van der Waals surface area contributed by atoms with Gasteiger partial charge in [-0.3, -0.25) is 0 Å². The maximum absolute atomic E-state index is 12.2. The number of sulfonamides is 1. The lowest BCUT2D eigenvalue weighted by atomic mass is 10.2. The highest BCUT2D eigenvalue weighted by Crippen LogP contribution is 2.24. The third-order valence-electron chi connectivity index (χ3n) is 3.18. The monoisotopic (exact) mass is 290 g/mol. The maximum Gasteiger partial charge on any atom is 0.240 e. The van der Waals surface area contributed by atoms with Gasteiger partial charge < -0.3 is 5.32 Å². The Labute approximate surface area is 117 Å². The predicted octanol–water partition coefficient (Wildman–Crippen LogP) is 0.923. The first-order chi connectivity index (χ1) is 9.65. The number of hydrogen-bond acceptors (Lipinski definition) is 5. The van der Waals surface area contributed by atoms with Crippen molar-refractivity contribution in [1.82, 2.24) is 14.7 Å². The Balaban J connectivity index is 1.78. The van der Waals surface area contributed by atoms with Gasteiger partial charge in [-0.05, 0) is 36.2 Å². The Morgan fingerprint density at radius 2 is 2.20 bits per heavy atom. The van der Waals surface area contributed by atoms with Crippen LogP contribution in [0.5, 0.6) is 0 Å². The molecule has 7 heteroatoms. The molecule has 0 saturated carbocycles. The van der Waals surface area contributed by atoms with Crippen molar-refractivity contribution in [3.63, 3.8) is 0 Å². The maximum atomic E-state index is 12.2. The molecule has 0 spiro atoms. The van der Waals surface area contributed by atoms with Gasteiger partial charge in [0, 0.05) is 18.4 Å². The van der Waals surface area contributed by atoms with Gasteiger partial charge in [0.05, 0.1) is 17.1 Å². The van der Waals surface area contributed by atoms with Crippen LogP contribution in [0.25, 0.3) is 0 Å². The van der Waals surface area contributed by atoms with Crippen LogP contribution in [0, 0.1) is 0 Å². The van der Waals surface area contributed by atoms with Crippen LogP contribution in [-0.2, 0) is 23.0 Å². The van der Waals surface area contributed by atoms with Crippen molar-refractivity contribution >= 4 is 15.7 Å². The van der Waals surface area contributed by atoms with Gasteiger partial charge in [0.2, 0.25) is 10.0 Å². The van der Waals surface area contributed by atoms with E-state index in [1.807, 2.05) is 6.07 Å². The van der Waals surface area contributed by atoms with Gasteiger partial charge in [-0.1, -0.05) is 0 Å². The smallest absolute Gasteiger partial charge is 0.240 e. The number of nitrogens with zero attached hydrogens (tertiary/aromatic N) is 2. The Kier molecular flexibility index (Phi) is 3.37. The van der Waals surface area contributed by atoms with Crippen molar-refractivity contribution in [3.8, 4) is 0 Å². The van der Waals surface area contributed by atoms with Crippen LogP contribution in [0.1, 0.15) is 11.3 Å². The van der Waals surface area contributed by atoms with Crippen LogP contribution in [0.2, 0.25) is 0 Å². The van der Waals surface area contributed by atoms with Crippen molar-refractivity contribution < 1.29 is 8.42 Å². The van der Waals surface area contributed by atoms with Crippen LogP contribution in [0.4, 0.5) is 5.69 Å². The highest BCUT2D eigenvalue weighted by molar-refractivity contribution is 7.89. The molecule has 1 aromatic carbocycles. The van der Waals surface area contributed by atoms with Gasteiger partial charge in [0.15, 0.2) is 0 Å². The summed E-state index contributed by atoms with van der Waals surface area (Å²) in [7, 11) is -3.52. The number of benzene rings is 1. The molecule has 2 N–H and O–H groups in total. The van der Waals surface area contributed by atoms with E-state index in [1.54, 1.807) is 24.4 Å². The lowest BCUT2D eigenvalue weighted by Gasteiger charge is -2.08. The molecule has 2 aromatic rings. The highest BCUT2D eigenvalue weighted by Gasteiger charge is 2.18. The van der Waals surface area contributed by atoms with Crippen molar-refractivity contribution in [1.29, 1.82) is 0 Å². The summed E-state index contributed by atoms with van der Waals surface area (Å²) in [6.07, 6.45) is 3.83. The first-order valence-electron chi connectivity index (χ1n) is 6.26. The first kappa shape index (κ1) is 13.0. The van der Waals surface area contributed by atoms with Crippen molar-refractivity contribution in [3.05, 3.63) is 48.0 Å². The summed E-state index contributed by atoms with van der Waals surface area (Å²) in [5.74, 6) is 0. The average Bonchev–Trinajstić information content (AvgIpc) is 2.94. The summed E-state index contributed by atoms with van der Waals surface area (Å²) in [4.78, 5) is 8.06. The van der Waals surface area contributed by atoms with E-state index in [1.165, 1.54) is 6.33 Å². The topological polar surface area (TPSA) is 84.0 Å². The first-order valence-corrected chi connectivity index (χ1v) is 7.75. The van der Waals surface area contributed by atoms with Gasteiger partial charge in [-0.2, -0.15) is 0 Å². The Hall–Kier alpha value is -1.99. The summed E-state index contributed by atoms with van der Waals surface area (Å²) in [5.41, 5.74) is 2.68. The average molecular weight is 290 g/mol. The Morgan fingerprint density at radius 1 is 1.30 bits per heavy atom. The summed E-state index contributed by atoms with van der Waals surface area (Å²) in [5, 5.41) is 3.20. The molecule has 0 atom stereocenters. The molecule has 20 heavy (non-hydrogen) atoms. The molecular weight excluding hydrogens is 276 g/mol. The van der Waals surface area contributed by atoms with E-state index < -0.39 is 10.0 Å².